The number of hydrogen-bond acceptors (Lipinski definition) is 2. The highest BCUT2D eigenvalue weighted by Crippen LogP contribution is 2.08. The molecule has 0 saturated carbocycles. The fourth-order valence-electron chi connectivity index (χ4n) is 0.813. The molecule has 2 nitrogen and oxygen atoms in total. The van der Waals surface area contributed by atoms with Gasteiger partial charge in [0.1, 0.15) is 0 Å². The molecule has 1 aliphatic rings. The number of hydrogen-bond donors (Lipinski definition) is 1. The summed E-state index contributed by atoms with van der Waals surface area (Å²) in [5.74, 6) is 0. The molecule has 0 spiro atoms. The van der Waals surface area contributed by atoms with Crippen molar-refractivity contribution < 1.29 is 4.74 Å². The van der Waals surface area contributed by atoms with Gasteiger partial charge >= 0.3 is 0 Å². The largest absolute Gasteiger partial charge is 0.377 e. The summed E-state index contributed by atoms with van der Waals surface area (Å²) in [5, 5.41) is 3.32. The molecular formula is C7H15NO. The van der Waals surface area contributed by atoms with Crippen LogP contribution in [0.25, 0.3) is 0 Å². The summed E-state index contributed by atoms with van der Waals surface area (Å²) in [6.45, 7) is 6.29. The van der Waals surface area contributed by atoms with Crippen molar-refractivity contribution in [3.05, 3.63) is 0 Å². The van der Waals surface area contributed by atoms with E-state index in [2.05, 4.69) is 19.2 Å². The first kappa shape index (κ1) is 7.03. The Bertz CT molecular complexity index is 79.0. The Morgan fingerprint density at radius 1 is 1.67 bits per heavy atom. The first-order chi connectivity index (χ1) is 4.29. The lowest BCUT2D eigenvalue weighted by Gasteiger charge is -2.27. The SMILES string of the molecule is CC(C)NCC1CCO1. The predicted molar refractivity (Wildman–Crippen MR) is 37.5 cm³/mol. The molecule has 1 aliphatic heterocycles. The summed E-state index contributed by atoms with van der Waals surface area (Å²) < 4.78 is 5.22. The van der Waals surface area contributed by atoms with E-state index in [-0.39, 0.29) is 0 Å². The second-order valence-electron chi connectivity index (χ2n) is 2.84. The third kappa shape index (κ3) is 2.33. The van der Waals surface area contributed by atoms with Gasteiger partial charge in [-0.2, -0.15) is 0 Å². The molecule has 0 radical (unpaired) electrons. The van der Waals surface area contributed by atoms with E-state index in [9.17, 15) is 0 Å². The molecule has 1 unspecified atom stereocenters. The highest BCUT2D eigenvalue weighted by Gasteiger charge is 2.16. The fourth-order valence-corrected chi connectivity index (χ4v) is 0.813. The molecule has 1 N–H and O–H groups in total. The molecule has 1 fully saturated rings. The van der Waals surface area contributed by atoms with Crippen LogP contribution in [0.3, 0.4) is 0 Å². The number of rotatable bonds is 3. The minimum absolute atomic E-state index is 0.507. The summed E-state index contributed by atoms with van der Waals surface area (Å²) in [6, 6.07) is 0.592. The average Bonchev–Trinajstić information content (AvgIpc) is 1.60. The fraction of sp³-hybridized carbons (Fsp3) is 1.00. The van der Waals surface area contributed by atoms with E-state index >= 15 is 0 Å². The Morgan fingerprint density at radius 2 is 2.33 bits per heavy atom. The third-order valence-corrected chi connectivity index (χ3v) is 1.55. The van der Waals surface area contributed by atoms with Crippen LogP contribution >= 0.6 is 0 Å². The van der Waals surface area contributed by atoms with Gasteiger partial charge in [-0.05, 0) is 6.42 Å². The summed E-state index contributed by atoms with van der Waals surface area (Å²) in [7, 11) is 0. The summed E-state index contributed by atoms with van der Waals surface area (Å²) in [6.07, 6.45) is 1.74. The van der Waals surface area contributed by atoms with Crippen LogP contribution in [0.5, 0.6) is 0 Å². The van der Waals surface area contributed by atoms with Crippen LogP contribution in [0.1, 0.15) is 20.3 Å². The first-order valence-electron chi connectivity index (χ1n) is 3.64. The second kappa shape index (κ2) is 3.18. The Hall–Kier alpha value is -0.0800. The van der Waals surface area contributed by atoms with Crippen LogP contribution in [-0.2, 0) is 4.74 Å². The normalized spacial score (nSPS) is 26.3. The van der Waals surface area contributed by atoms with Crippen molar-refractivity contribution in [3.63, 3.8) is 0 Å². The molecule has 1 saturated heterocycles. The van der Waals surface area contributed by atoms with Crippen LogP contribution in [0.15, 0.2) is 0 Å². The molecular weight excluding hydrogens is 114 g/mol. The van der Waals surface area contributed by atoms with E-state index in [1.165, 1.54) is 6.42 Å². The lowest BCUT2D eigenvalue weighted by molar-refractivity contribution is -0.0490. The van der Waals surface area contributed by atoms with Gasteiger partial charge in [-0.1, -0.05) is 13.8 Å². The summed E-state index contributed by atoms with van der Waals surface area (Å²) >= 11 is 0. The van der Waals surface area contributed by atoms with Gasteiger partial charge in [0.25, 0.3) is 0 Å². The Kier molecular flexibility index (Phi) is 2.49. The van der Waals surface area contributed by atoms with Gasteiger partial charge < -0.3 is 10.1 Å². The summed E-state index contributed by atoms with van der Waals surface area (Å²) in [5.41, 5.74) is 0. The number of nitrogens with one attached hydrogen (secondary N) is 1. The zero-order valence-corrected chi connectivity index (χ0v) is 6.18. The lowest BCUT2D eigenvalue weighted by Crippen LogP contribution is -2.39. The van der Waals surface area contributed by atoms with Gasteiger partial charge in [0, 0.05) is 19.2 Å². The van der Waals surface area contributed by atoms with E-state index in [1.54, 1.807) is 0 Å². The molecule has 2 heteroatoms. The maximum atomic E-state index is 5.22. The second-order valence-corrected chi connectivity index (χ2v) is 2.84. The Balaban J connectivity index is 1.91. The molecule has 0 bridgehead atoms. The molecule has 0 amide bonds. The first-order valence-corrected chi connectivity index (χ1v) is 3.64. The summed E-state index contributed by atoms with van der Waals surface area (Å²) in [4.78, 5) is 0. The molecule has 1 rings (SSSR count). The molecule has 0 aromatic carbocycles. The minimum atomic E-state index is 0.507. The van der Waals surface area contributed by atoms with Crippen molar-refractivity contribution in [3.8, 4) is 0 Å². The van der Waals surface area contributed by atoms with Gasteiger partial charge in [-0.15, -0.1) is 0 Å². The topological polar surface area (TPSA) is 21.3 Å². The van der Waals surface area contributed by atoms with Crippen molar-refractivity contribution >= 4 is 0 Å². The van der Waals surface area contributed by atoms with E-state index < -0.39 is 0 Å². The highest BCUT2D eigenvalue weighted by atomic mass is 16.5. The van der Waals surface area contributed by atoms with Crippen molar-refractivity contribution in [1.29, 1.82) is 0 Å². The standard InChI is InChI=1S/C7H15NO/c1-6(2)8-5-7-3-4-9-7/h6-8H,3-5H2,1-2H3. The van der Waals surface area contributed by atoms with Gasteiger partial charge in [0.05, 0.1) is 6.10 Å². The average molecular weight is 129 g/mol. The number of ether oxygens (including phenoxy) is 1. The van der Waals surface area contributed by atoms with Crippen molar-refractivity contribution in [1.82, 2.24) is 5.32 Å². The van der Waals surface area contributed by atoms with Crippen LogP contribution in [0.2, 0.25) is 0 Å². The monoisotopic (exact) mass is 129 g/mol. The van der Waals surface area contributed by atoms with E-state index in [0.29, 0.717) is 12.1 Å². The molecule has 54 valence electrons. The van der Waals surface area contributed by atoms with E-state index in [4.69, 9.17) is 4.74 Å². The molecule has 0 aromatic rings. The van der Waals surface area contributed by atoms with Gasteiger partial charge in [-0.3, -0.25) is 0 Å². The van der Waals surface area contributed by atoms with Gasteiger partial charge in [0.2, 0.25) is 0 Å². The van der Waals surface area contributed by atoms with Crippen LogP contribution < -0.4 is 5.32 Å². The molecule has 1 heterocycles. The maximum Gasteiger partial charge on any atom is 0.0721 e. The highest BCUT2D eigenvalue weighted by molar-refractivity contribution is 4.69. The third-order valence-electron chi connectivity index (χ3n) is 1.55. The van der Waals surface area contributed by atoms with Gasteiger partial charge in [0.15, 0.2) is 0 Å². The van der Waals surface area contributed by atoms with E-state index in [1.807, 2.05) is 0 Å². The van der Waals surface area contributed by atoms with E-state index in [0.717, 1.165) is 13.2 Å². The lowest BCUT2D eigenvalue weighted by atomic mass is 10.2. The van der Waals surface area contributed by atoms with Crippen molar-refractivity contribution in [2.45, 2.75) is 32.4 Å². The Morgan fingerprint density at radius 3 is 2.67 bits per heavy atom. The molecule has 0 aromatic heterocycles. The Labute approximate surface area is 56.6 Å². The van der Waals surface area contributed by atoms with Crippen LogP contribution in [0, 0.1) is 0 Å². The minimum Gasteiger partial charge on any atom is -0.377 e. The smallest absolute Gasteiger partial charge is 0.0721 e. The van der Waals surface area contributed by atoms with Crippen LogP contribution in [0.4, 0.5) is 0 Å². The zero-order valence-electron chi connectivity index (χ0n) is 6.18. The maximum absolute atomic E-state index is 5.22. The predicted octanol–water partition coefficient (Wildman–Crippen LogP) is 0.773. The molecule has 9 heavy (non-hydrogen) atoms. The molecule has 0 aliphatic carbocycles. The quantitative estimate of drug-likeness (QED) is 0.608. The van der Waals surface area contributed by atoms with Crippen LogP contribution in [-0.4, -0.2) is 25.3 Å². The zero-order chi connectivity index (χ0) is 6.69. The van der Waals surface area contributed by atoms with Crippen molar-refractivity contribution in [2.75, 3.05) is 13.2 Å². The van der Waals surface area contributed by atoms with Gasteiger partial charge in [-0.25, -0.2) is 0 Å². The van der Waals surface area contributed by atoms with Crippen molar-refractivity contribution in [2.24, 2.45) is 0 Å². The molecule has 1 atom stereocenters.